The Morgan fingerprint density at radius 3 is 2.86 bits per heavy atom. The number of carbonyl (C=O) groups is 2. The van der Waals surface area contributed by atoms with Crippen molar-refractivity contribution in [1.82, 2.24) is 9.88 Å². The Morgan fingerprint density at radius 1 is 1.48 bits per heavy atom. The Labute approximate surface area is 123 Å². The minimum atomic E-state index is -1.07. The number of ether oxygens (including phenoxy) is 1. The lowest BCUT2D eigenvalue weighted by Gasteiger charge is -2.30. The second kappa shape index (κ2) is 5.18. The maximum Gasteiger partial charge on any atom is 0.313 e. The van der Waals surface area contributed by atoms with Crippen LogP contribution in [0.2, 0.25) is 0 Å². The molecule has 2 aliphatic rings. The summed E-state index contributed by atoms with van der Waals surface area (Å²) in [5, 5.41) is 12.2. The molecule has 2 N–H and O–H groups in total. The molecular weight excluding hydrogens is 272 g/mol. The van der Waals surface area contributed by atoms with Crippen molar-refractivity contribution in [3.63, 3.8) is 0 Å². The number of rotatable bonds is 4. The van der Waals surface area contributed by atoms with Crippen LogP contribution in [0.3, 0.4) is 0 Å². The van der Waals surface area contributed by atoms with Crippen molar-refractivity contribution in [2.24, 2.45) is 5.41 Å². The molecule has 1 amide bonds. The Morgan fingerprint density at radius 2 is 2.24 bits per heavy atom. The molecule has 0 radical (unpaired) electrons. The highest BCUT2D eigenvalue weighted by Crippen LogP contribution is 2.33. The van der Waals surface area contributed by atoms with Crippen molar-refractivity contribution in [3.05, 3.63) is 24.0 Å². The zero-order valence-corrected chi connectivity index (χ0v) is 12.0. The van der Waals surface area contributed by atoms with E-state index in [-0.39, 0.29) is 19.1 Å². The molecule has 1 aromatic rings. The molecule has 2 heterocycles. The van der Waals surface area contributed by atoms with Crippen LogP contribution in [0.5, 0.6) is 0 Å². The van der Waals surface area contributed by atoms with Crippen molar-refractivity contribution < 1.29 is 19.4 Å². The van der Waals surface area contributed by atoms with E-state index >= 15 is 0 Å². The molecule has 0 aromatic carbocycles. The third kappa shape index (κ3) is 2.33. The lowest BCUT2D eigenvalue weighted by molar-refractivity contribution is -0.148. The van der Waals surface area contributed by atoms with Crippen LogP contribution in [0.25, 0.3) is 0 Å². The number of carbonyl (C=O) groups excluding carboxylic acids is 1. The minimum Gasteiger partial charge on any atom is -0.481 e. The standard InChI is InChI=1S/C15H20N2O4/c1-15(14(19)20)9-21-8-12(15)16-13(18)11-6-3-7-17(11)10-4-2-5-10/h3,6-7,10,12H,2,4-5,8-9H2,1H3,(H,16,18)(H,19,20). The highest BCUT2D eigenvalue weighted by atomic mass is 16.5. The van der Waals surface area contributed by atoms with Crippen molar-refractivity contribution in [2.45, 2.75) is 38.3 Å². The van der Waals surface area contributed by atoms with E-state index in [1.165, 1.54) is 6.42 Å². The average Bonchev–Trinajstić information content (AvgIpc) is 2.96. The van der Waals surface area contributed by atoms with Crippen LogP contribution in [0, 0.1) is 5.41 Å². The topological polar surface area (TPSA) is 80.6 Å². The molecule has 3 rings (SSSR count). The third-order valence-electron chi connectivity index (χ3n) is 4.73. The first-order chi connectivity index (χ1) is 10.0. The van der Waals surface area contributed by atoms with E-state index < -0.39 is 17.4 Å². The second-order valence-corrected chi connectivity index (χ2v) is 6.15. The van der Waals surface area contributed by atoms with Crippen LogP contribution >= 0.6 is 0 Å². The predicted molar refractivity (Wildman–Crippen MR) is 75.1 cm³/mol. The molecule has 21 heavy (non-hydrogen) atoms. The monoisotopic (exact) mass is 292 g/mol. The summed E-state index contributed by atoms with van der Waals surface area (Å²) in [5.74, 6) is -1.17. The fraction of sp³-hybridized carbons (Fsp3) is 0.600. The molecule has 2 atom stereocenters. The fourth-order valence-electron chi connectivity index (χ4n) is 2.89. The molecule has 1 saturated heterocycles. The van der Waals surface area contributed by atoms with Gasteiger partial charge in [0.05, 0.1) is 19.3 Å². The number of hydrogen-bond acceptors (Lipinski definition) is 3. The van der Waals surface area contributed by atoms with E-state index in [0.717, 1.165) is 12.8 Å². The van der Waals surface area contributed by atoms with Gasteiger partial charge in [0.15, 0.2) is 0 Å². The number of carboxylic acid groups (broad SMARTS) is 1. The molecule has 2 unspecified atom stereocenters. The normalized spacial score (nSPS) is 29.1. The van der Waals surface area contributed by atoms with Crippen LogP contribution in [0.15, 0.2) is 18.3 Å². The van der Waals surface area contributed by atoms with Crippen molar-refractivity contribution >= 4 is 11.9 Å². The van der Waals surface area contributed by atoms with Gasteiger partial charge in [0, 0.05) is 12.2 Å². The quantitative estimate of drug-likeness (QED) is 0.879. The van der Waals surface area contributed by atoms with Gasteiger partial charge in [0.25, 0.3) is 5.91 Å². The van der Waals surface area contributed by atoms with Gasteiger partial charge in [0.1, 0.15) is 11.1 Å². The lowest BCUT2D eigenvalue weighted by atomic mass is 9.85. The number of aromatic nitrogens is 1. The molecule has 114 valence electrons. The van der Waals surface area contributed by atoms with Crippen LogP contribution in [0.1, 0.15) is 42.7 Å². The summed E-state index contributed by atoms with van der Waals surface area (Å²) in [5.41, 5.74) is -0.469. The first kappa shape index (κ1) is 14.1. The maximum absolute atomic E-state index is 12.5. The Hall–Kier alpha value is -1.82. The summed E-state index contributed by atoms with van der Waals surface area (Å²) < 4.78 is 7.25. The Kier molecular flexibility index (Phi) is 3.49. The second-order valence-electron chi connectivity index (χ2n) is 6.15. The van der Waals surface area contributed by atoms with Crippen molar-refractivity contribution in [2.75, 3.05) is 13.2 Å². The number of amides is 1. The molecule has 1 aromatic heterocycles. The van der Waals surface area contributed by atoms with Gasteiger partial charge in [-0.25, -0.2) is 0 Å². The third-order valence-corrected chi connectivity index (χ3v) is 4.73. The van der Waals surface area contributed by atoms with E-state index in [0.29, 0.717) is 11.7 Å². The van der Waals surface area contributed by atoms with E-state index in [1.807, 2.05) is 16.8 Å². The van der Waals surface area contributed by atoms with Crippen LogP contribution in [-0.4, -0.2) is 40.8 Å². The minimum absolute atomic E-state index is 0.122. The summed E-state index contributed by atoms with van der Waals surface area (Å²) in [6, 6.07) is 3.52. The molecule has 1 saturated carbocycles. The largest absolute Gasteiger partial charge is 0.481 e. The predicted octanol–water partition coefficient (Wildman–Crippen LogP) is 1.43. The lowest BCUT2D eigenvalue weighted by Crippen LogP contribution is -2.50. The first-order valence-electron chi connectivity index (χ1n) is 7.31. The van der Waals surface area contributed by atoms with Gasteiger partial charge >= 0.3 is 5.97 Å². The van der Waals surface area contributed by atoms with Gasteiger partial charge in [0.2, 0.25) is 0 Å². The van der Waals surface area contributed by atoms with Crippen molar-refractivity contribution in [1.29, 1.82) is 0 Å². The highest BCUT2D eigenvalue weighted by molar-refractivity contribution is 5.93. The van der Waals surface area contributed by atoms with Gasteiger partial charge in [-0.3, -0.25) is 9.59 Å². The fourth-order valence-corrected chi connectivity index (χ4v) is 2.89. The van der Waals surface area contributed by atoms with Gasteiger partial charge in [-0.15, -0.1) is 0 Å². The van der Waals surface area contributed by atoms with Gasteiger partial charge in [-0.2, -0.15) is 0 Å². The van der Waals surface area contributed by atoms with Crippen LogP contribution < -0.4 is 5.32 Å². The van der Waals surface area contributed by atoms with E-state index in [2.05, 4.69) is 5.32 Å². The molecular formula is C15H20N2O4. The summed E-state index contributed by atoms with van der Waals surface area (Å²) in [6.07, 6.45) is 5.29. The number of nitrogens with one attached hydrogen (secondary N) is 1. The van der Waals surface area contributed by atoms with Crippen LogP contribution in [0.4, 0.5) is 0 Å². The molecule has 6 heteroatoms. The molecule has 1 aliphatic carbocycles. The van der Waals surface area contributed by atoms with E-state index in [1.54, 1.807) is 13.0 Å². The molecule has 2 fully saturated rings. The first-order valence-corrected chi connectivity index (χ1v) is 7.31. The maximum atomic E-state index is 12.5. The summed E-state index contributed by atoms with van der Waals surface area (Å²) in [4.78, 5) is 23.9. The number of nitrogens with zero attached hydrogens (tertiary/aromatic N) is 1. The molecule has 6 nitrogen and oxygen atoms in total. The SMILES string of the molecule is CC1(C(=O)O)COCC1NC(=O)c1cccn1C1CCC1. The van der Waals surface area contributed by atoms with E-state index in [4.69, 9.17) is 4.74 Å². The van der Waals surface area contributed by atoms with Gasteiger partial charge in [-0.1, -0.05) is 0 Å². The number of aliphatic carboxylic acids is 1. The van der Waals surface area contributed by atoms with Crippen LogP contribution in [-0.2, 0) is 9.53 Å². The number of carboxylic acids is 1. The summed E-state index contributed by atoms with van der Waals surface area (Å²) in [6.45, 7) is 1.97. The van der Waals surface area contributed by atoms with E-state index in [9.17, 15) is 14.7 Å². The summed E-state index contributed by atoms with van der Waals surface area (Å²) in [7, 11) is 0. The zero-order chi connectivity index (χ0) is 15.0. The molecule has 1 aliphatic heterocycles. The number of hydrogen-bond donors (Lipinski definition) is 2. The summed E-state index contributed by atoms with van der Waals surface area (Å²) >= 11 is 0. The molecule has 0 bridgehead atoms. The highest BCUT2D eigenvalue weighted by Gasteiger charge is 2.47. The van der Waals surface area contributed by atoms with Gasteiger partial charge in [-0.05, 0) is 38.3 Å². The smallest absolute Gasteiger partial charge is 0.313 e. The van der Waals surface area contributed by atoms with Crippen molar-refractivity contribution in [3.8, 4) is 0 Å². The van der Waals surface area contributed by atoms with Gasteiger partial charge < -0.3 is 19.7 Å². The molecule has 0 spiro atoms. The Balaban J connectivity index is 1.74. The zero-order valence-electron chi connectivity index (χ0n) is 12.0. The Bertz CT molecular complexity index is 564. The average molecular weight is 292 g/mol.